The number of amides is 1. The molecule has 14 nitrogen and oxygen atoms in total. The lowest BCUT2D eigenvalue weighted by Crippen LogP contribution is -2.65. The van der Waals surface area contributed by atoms with E-state index in [0.717, 1.165) is 64.2 Å². The normalized spacial score (nSPS) is 26.7. The summed E-state index contributed by atoms with van der Waals surface area (Å²) in [5, 5.41) is 86.7. The largest absolute Gasteiger partial charge is 0.394 e. The monoisotopic (exact) mass is 958 g/mol. The number of hydrogen-bond acceptors (Lipinski definition) is 13. The van der Waals surface area contributed by atoms with Gasteiger partial charge >= 0.3 is 0 Å². The fourth-order valence-electron chi connectivity index (χ4n) is 8.94. The molecule has 0 aliphatic carbocycles. The van der Waals surface area contributed by atoms with E-state index in [1.165, 1.54) is 122 Å². The molecular weight excluding hydrogens is 859 g/mol. The molecular formula is C53H99NO13. The highest BCUT2D eigenvalue weighted by Gasteiger charge is 2.51. The predicted octanol–water partition coefficient (Wildman–Crippen LogP) is 7.72. The van der Waals surface area contributed by atoms with Crippen molar-refractivity contribution in [3.8, 4) is 0 Å². The minimum atomic E-state index is -1.79. The highest BCUT2D eigenvalue weighted by atomic mass is 16.7. The van der Waals surface area contributed by atoms with Crippen molar-refractivity contribution in [1.29, 1.82) is 0 Å². The number of hydrogen-bond donors (Lipinski definition) is 9. The first kappa shape index (κ1) is 61.6. The number of carbonyl (C=O) groups is 1. The Hall–Kier alpha value is -1.53. The molecule has 9 N–H and O–H groups in total. The van der Waals surface area contributed by atoms with Gasteiger partial charge in [0.05, 0.1) is 32.0 Å². The molecule has 0 aromatic carbocycles. The van der Waals surface area contributed by atoms with Gasteiger partial charge in [-0.3, -0.25) is 4.79 Å². The maximum absolute atomic E-state index is 13.1. The first-order chi connectivity index (χ1) is 32.6. The van der Waals surface area contributed by atoms with Crippen LogP contribution in [0.1, 0.15) is 213 Å². The standard InChI is InChI=1S/C53H99NO13/c1-3-5-7-9-11-13-15-16-17-18-19-20-21-22-23-24-25-26-27-28-30-32-34-36-42(57)41(54-45(58)37-35-33-31-29-14-12-10-8-6-4-2)40-64-52-50(63)48(61)51(44(39-56)66-52)67-53-49(62)47(60)46(59)43(38-55)65-53/h8,10,34,36,41-44,46-53,55-57,59-63H,3-7,9,11-33,35,37-40H2,1-2H3,(H,54,58)/b10-8-,36-34+. The fourth-order valence-corrected chi connectivity index (χ4v) is 8.94. The van der Waals surface area contributed by atoms with Crippen LogP contribution in [0.4, 0.5) is 0 Å². The Kier molecular flexibility index (Phi) is 36.9. The number of allylic oxidation sites excluding steroid dienone is 3. The summed E-state index contributed by atoms with van der Waals surface area (Å²) in [5.74, 6) is -0.251. The highest BCUT2D eigenvalue weighted by Crippen LogP contribution is 2.30. The Bertz CT molecular complexity index is 1220. The molecule has 67 heavy (non-hydrogen) atoms. The number of ether oxygens (including phenoxy) is 4. The molecule has 12 atom stereocenters. The zero-order valence-electron chi connectivity index (χ0n) is 41.9. The molecule has 2 fully saturated rings. The van der Waals surface area contributed by atoms with E-state index in [1.807, 2.05) is 6.08 Å². The molecule has 2 rings (SSSR count). The van der Waals surface area contributed by atoms with Gasteiger partial charge in [0.1, 0.15) is 48.8 Å². The Morgan fingerprint density at radius 1 is 0.522 bits per heavy atom. The molecule has 14 heteroatoms. The van der Waals surface area contributed by atoms with Crippen molar-refractivity contribution in [3.63, 3.8) is 0 Å². The summed E-state index contributed by atoms with van der Waals surface area (Å²) in [4.78, 5) is 13.1. The molecule has 0 spiro atoms. The second kappa shape index (κ2) is 40.1. The van der Waals surface area contributed by atoms with E-state index in [4.69, 9.17) is 18.9 Å². The van der Waals surface area contributed by atoms with Crippen LogP contribution in [0.3, 0.4) is 0 Å². The SMILES string of the molecule is CCC/C=C\CCCCCCCC(=O)NC(COC1OC(CO)C(OC2OC(CO)C(O)C(O)C2O)C(O)C1O)C(O)/C=C/CCCCCCCCCCCCCCCCCCCCCCC. The van der Waals surface area contributed by atoms with Gasteiger partial charge in [0, 0.05) is 6.42 Å². The third kappa shape index (κ3) is 27.0. The quantitative estimate of drug-likeness (QED) is 0.0211. The van der Waals surface area contributed by atoms with Crippen LogP contribution in [0.2, 0.25) is 0 Å². The smallest absolute Gasteiger partial charge is 0.220 e. The first-order valence-corrected chi connectivity index (χ1v) is 27.1. The average Bonchev–Trinajstić information content (AvgIpc) is 3.32. The van der Waals surface area contributed by atoms with Gasteiger partial charge in [0.15, 0.2) is 12.6 Å². The van der Waals surface area contributed by atoms with Crippen LogP contribution < -0.4 is 5.32 Å². The number of aliphatic hydroxyl groups is 8. The van der Waals surface area contributed by atoms with Crippen LogP contribution in [0, 0.1) is 0 Å². The van der Waals surface area contributed by atoms with Crippen molar-refractivity contribution in [2.45, 2.75) is 286 Å². The second-order valence-electron chi connectivity index (χ2n) is 19.4. The van der Waals surface area contributed by atoms with E-state index in [2.05, 4.69) is 31.3 Å². The van der Waals surface area contributed by atoms with Gasteiger partial charge in [-0.25, -0.2) is 0 Å². The Balaban J connectivity index is 1.77. The predicted molar refractivity (Wildman–Crippen MR) is 263 cm³/mol. The summed E-state index contributed by atoms with van der Waals surface area (Å²) in [6, 6.07) is -0.915. The maximum Gasteiger partial charge on any atom is 0.220 e. The Morgan fingerprint density at radius 3 is 1.48 bits per heavy atom. The van der Waals surface area contributed by atoms with Crippen molar-refractivity contribution >= 4 is 5.91 Å². The van der Waals surface area contributed by atoms with Gasteiger partial charge in [0.2, 0.25) is 5.91 Å². The molecule has 2 heterocycles. The molecule has 12 unspecified atom stereocenters. The summed E-state index contributed by atoms with van der Waals surface area (Å²) in [6.07, 6.45) is 28.1. The third-order valence-electron chi connectivity index (χ3n) is 13.4. The topological polar surface area (TPSA) is 228 Å². The summed E-state index contributed by atoms with van der Waals surface area (Å²) < 4.78 is 22.7. The lowest BCUT2D eigenvalue weighted by molar-refractivity contribution is -0.359. The van der Waals surface area contributed by atoms with Gasteiger partial charge in [-0.05, 0) is 38.5 Å². The minimum Gasteiger partial charge on any atom is -0.394 e. The van der Waals surface area contributed by atoms with Crippen LogP contribution in [-0.4, -0.2) is 140 Å². The Morgan fingerprint density at radius 2 is 0.970 bits per heavy atom. The number of carbonyl (C=O) groups excluding carboxylic acids is 1. The van der Waals surface area contributed by atoms with E-state index >= 15 is 0 Å². The number of aliphatic hydroxyl groups excluding tert-OH is 8. The lowest BCUT2D eigenvalue weighted by Gasteiger charge is -2.46. The molecule has 0 radical (unpaired) electrons. The maximum atomic E-state index is 13.1. The van der Waals surface area contributed by atoms with E-state index in [9.17, 15) is 45.6 Å². The molecule has 2 aliphatic heterocycles. The molecule has 2 aliphatic rings. The van der Waals surface area contributed by atoms with Gasteiger partial charge in [-0.15, -0.1) is 0 Å². The van der Waals surface area contributed by atoms with Crippen molar-refractivity contribution in [2.75, 3.05) is 19.8 Å². The molecule has 0 saturated carbocycles. The Labute approximate surface area is 405 Å². The lowest BCUT2D eigenvalue weighted by atomic mass is 9.97. The van der Waals surface area contributed by atoms with Crippen LogP contribution in [-0.2, 0) is 23.7 Å². The molecule has 0 bridgehead atoms. The van der Waals surface area contributed by atoms with E-state index in [1.54, 1.807) is 6.08 Å². The summed E-state index contributed by atoms with van der Waals surface area (Å²) in [7, 11) is 0. The zero-order valence-corrected chi connectivity index (χ0v) is 41.9. The van der Waals surface area contributed by atoms with Crippen molar-refractivity contribution in [3.05, 3.63) is 24.3 Å². The highest BCUT2D eigenvalue weighted by molar-refractivity contribution is 5.76. The van der Waals surface area contributed by atoms with Crippen LogP contribution in [0.15, 0.2) is 24.3 Å². The van der Waals surface area contributed by atoms with Gasteiger partial charge < -0.3 is 65.1 Å². The van der Waals surface area contributed by atoms with Crippen LogP contribution in [0.5, 0.6) is 0 Å². The first-order valence-electron chi connectivity index (χ1n) is 27.1. The zero-order chi connectivity index (χ0) is 48.9. The van der Waals surface area contributed by atoms with Gasteiger partial charge in [-0.1, -0.05) is 192 Å². The number of nitrogens with one attached hydrogen (secondary N) is 1. The van der Waals surface area contributed by atoms with Crippen molar-refractivity contribution in [1.82, 2.24) is 5.32 Å². The molecule has 0 aromatic heterocycles. The van der Waals surface area contributed by atoms with Gasteiger partial charge in [-0.2, -0.15) is 0 Å². The minimum absolute atomic E-state index is 0.251. The summed E-state index contributed by atoms with van der Waals surface area (Å²) >= 11 is 0. The summed E-state index contributed by atoms with van der Waals surface area (Å²) in [6.45, 7) is 2.72. The van der Waals surface area contributed by atoms with Gasteiger partial charge in [0.25, 0.3) is 0 Å². The van der Waals surface area contributed by atoms with Crippen LogP contribution >= 0.6 is 0 Å². The number of rotatable bonds is 42. The van der Waals surface area contributed by atoms with E-state index in [-0.39, 0.29) is 18.9 Å². The van der Waals surface area contributed by atoms with Crippen LogP contribution in [0.25, 0.3) is 0 Å². The third-order valence-corrected chi connectivity index (χ3v) is 13.4. The van der Waals surface area contributed by atoms with E-state index < -0.39 is 86.8 Å². The molecule has 394 valence electrons. The summed E-state index contributed by atoms with van der Waals surface area (Å²) in [5.41, 5.74) is 0. The van der Waals surface area contributed by atoms with Crippen molar-refractivity contribution < 1.29 is 64.6 Å². The molecule has 1 amide bonds. The second-order valence-corrected chi connectivity index (χ2v) is 19.4. The van der Waals surface area contributed by atoms with Crippen molar-refractivity contribution in [2.24, 2.45) is 0 Å². The number of unbranched alkanes of at least 4 members (excludes halogenated alkanes) is 27. The van der Waals surface area contributed by atoms with E-state index in [0.29, 0.717) is 6.42 Å². The molecule has 2 saturated heterocycles. The fraction of sp³-hybridized carbons (Fsp3) is 0.906. The average molecular weight is 958 g/mol. The molecule has 0 aromatic rings.